The van der Waals surface area contributed by atoms with E-state index in [4.69, 9.17) is 0 Å². The van der Waals surface area contributed by atoms with Crippen LogP contribution in [-0.2, 0) is 0 Å². The van der Waals surface area contributed by atoms with E-state index < -0.39 is 0 Å². The van der Waals surface area contributed by atoms with Gasteiger partial charge in [-0.05, 0) is 44.7 Å². The van der Waals surface area contributed by atoms with Gasteiger partial charge >= 0.3 is 0 Å². The Morgan fingerprint density at radius 3 is 2.50 bits per heavy atom. The summed E-state index contributed by atoms with van der Waals surface area (Å²) in [5, 5.41) is 7.59. The fraction of sp³-hybridized carbons (Fsp3) is 0.474. The maximum absolute atomic E-state index is 12.6. The molecule has 1 aliphatic carbocycles. The predicted octanol–water partition coefficient (Wildman–Crippen LogP) is 2.54. The summed E-state index contributed by atoms with van der Waals surface area (Å²) in [5.74, 6) is -0.000414. The molecule has 1 aliphatic heterocycles. The van der Waals surface area contributed by atoms with Crippen LogP contribution in [0.3, 0.4) is 0 Å². The van der Waals surface area contributed by atoms with Gasteiger partial charge in [0.05, 0.1) is 23.1 Å². The molecule has 2 heterocycles. The van der Waals surface area contributed by atoms with Gasteiger partial charge in [-0.2, -0.15) is 5.10 Å². The summed E-state index contributed by atoms with van der Waals surface area (Å²) in [6, 6.07) is 11.0. The molecule has 4 rings (SSSR count). The van der Waals surface area contributed by atoms with Crippen molar-refractivity contribution in [1.82, 2.24) is 20.0 Å². The van der Waals surface area contributed by atoms with Crippen molar-refractivity contribution < 1.29 is 4.79 Å². The minimum atomic E-state index is -0.000414. The lowest BCUT2D eigenvalue weighted by Gasteiger charge is -2.32. The number of carbonyl (C=O) groups excluding carboxylic acids is 1. The largest absolute Gasteiger partial charge is 0.349 e. The number of hydrogen-bond donors (Lipinski definition) is 1. The number of aromatic nitrogens is 2. The predicted molar refractivity (Wildman–Crippen MR) is 93.4 cm³/mol. The summed E-state index contributed by atoms with van der Waals surface area (Å²) < 4.78 is 1.82. The van der Waals surface area contributed by atoms with Crippen molar-refractivity contribution in [1.29, 1.82) is 0 Å². The molecule has 0 spiro atoms. The highest BCUT2D eigenvalue weighted by atomic mass is 16.1. The normalized spacial score (nSPS) is 19.4. The number of carbonyl (C=O) groups is 1. The number of hydrogen-bond acceptors (Lipinski definition) is 3. The molecule has 1 saturated carbocycles. The molecule has 5 nitrogen and oxygen atoms in total. The van der Waals surface area contributed by atoms with Crippen molar-refractivity contribution in [2.75, 3.05) is 13.1 Å². The Labute approximate surface area is 142 Å². The number of likely N-dealkylation sites (tertiary alicyclic amines) is 1. The van der Waals surface area contributed by atoms with Crippen LogP contribution in [0.1, 0.15) is 41.7 Å². The number of benzene rings is 1. The number of para-hydroxylation sites is 1. The lowest BCUT2D eigenvalue weighted by Crippen LogP contribution is -2.45. The van der Waals surface area contributed by atoms with Crippen LogP contribution in [0.25, 0.3) is 5.69 Å². The minimum Gasteiger partial charge on any atom is -0.349 e. The first-order valence-corrected chi connectivity index (χ1v) is 8.87. The van der Waals surface area contributed by atoms with Gasteiger partial charge in [-0.3, -0.25) is 4.79 Å². The van der Waals surface area contributed by atoms with Gasteiger partial charge in [0.1, 0.15) is 0 Å². The summed E-state index contributed by atoms with van der Waals surface area (Å²) in [6.45, 7) is 4.17. The lowest BCUT2D eigenvalue weighted by molar-refractivity contribution is 0.0908. The van der Waals surface area contributed by atoms with Gasteiger partial charge in [0.2, 0.25) is 0 Å². The first-order chi connectivity index (χ1) is 11.7. The minimum absolute atomic E-state index is 0.000414. The van der Waals surface area contributed by atoms with Gasteiger partial charge in [0, 0.05) is 25.2 Å². The van der Waals surface area contributed by atoms with Crippen LogP contribution < -0.4 is 5.32 Å². The van der Waals surface area contributed by atoms with E-state index in [0.717, 1.165) is 43.4 Å². The van der Waals surface area contributed by atoms with E-state index in [1.165, 1.54) is 12.8 Å². The van der Waals surface area contributed by atoms with Crippen LogP contribution in [-0.4, -0.2) is 45.8 Å². The van der Waals surface area contributed by atoms with E-state index in [-0.39, 0.29) is 11.9 Å². The summed E-state index contributed by atoms with van der Waals surface area (Å²) in [7, 11) is 0. The number of rotatable bonds is 4. The van der Waals surface area contributed by atoms with Crippen molar-refractivity contribution in [3.05, 3.63) is 47.8 Å². The fourth-order valence-corrected chi connectivity index (χ4v) is 3.57. The molecule has 1 saturated heterocycles. The van der Waals surface area contributed by atoms with E-state index in [1.807, 2.05) is 41.9 Å². The van der Waals surface area contributed by atoms with Crippen LogP contribution in [0, 0.1) is 6.92 Å². The van der Waals surface area contributed by atoms with Crippen molar-refractivity contribution in [2.24, 2.45) is 0 Å². The highest BCUT2D eigenvalue weighted by molar-refractivity contribution is 5.95. The Bertz CT molecular complexity index is 712. The molecular formula is C19H24N4O. The smallest absolute Gasteiger partial charge is 0.254 e. The number of amides is 1. The maximum Gasteiger partial charge on any atom is 0.254 e. The van der Waals surface area contributed by atoms with E-state index >= 15 is 0 Å². The Kier molecular flexibility index (Phi) is 4.10. The zero-order valence-corrected chi connectivity index (χ0v) is 14.1. The first-order valence-electron chi connectivity index (χ1n) is 8.87. The third-order valence-electron chi connectivity index (χ3n) is 5.18. The van der Waals surface area contributed by atoms with Gasteiger partial charge in [0.15, 0.2) is 0 Å². The van der Waals surface area contributed by atoms with E-state index in [1.54, 1.807) is 6.20 Å². The lowest BCUT2D eigenvalue weighted by atomic mass is 10.0. The maximum atomic E-state index is 12.6. The average molecular weight is 324 g/mol. The van der Waals surface area contributed by atoms with Gasteiger partial charge in [-0.15, -0.1) is 0 Å². The summed E-state index contributed by atoms with van der Waals surface area (Å²) >= 11 is 0. The van der Waals surface area contributed by atoms with Crippen LogP contribution in [0.15, 0.2) is 36.5 Å². The molecule has 0 bridgehead atoms. The highest BCUT2D eigenvalue weighted by Gasteiger charge is 2.32. The molecule has 1 aromatic carbocycles. The second kappa shape index (κ2) is 6.40. The van der Waals surface area contributed by atoms with Gasteiger partial charge in [-0.1, -0.05) is 18.2 Å². The molecule has 0 radical (unpaired) electrons. The highest BCUT2D eigenvalue weighted by Crippen LogP contribution is 2.29. The van der Waals surface area contributed by atoms with E-state index in [9.17, 15) is 4.79 Å². The number of nitrogens with one attached hydrogen (secondary N) is 1. The first kappa shape index (κ1) is 15.4. The molecular weight excluding hydrogens is 300 g/mol. The standard InChI is InChI=1S/C19H24N4O/c1-14-18(13-20-23(14)17-5-3-2-4-6-17)19(24)21-15-9-11-22(12-10-15)16-7-8-16/h2-6,13,15-16H,7-12H2,1H3,(H,21,24). The molecule has 1 N–H and O–H groups in total. The topological polar surface area (TPSA) is 50.2 Å². The van der Waals surface area contributed by atoms with Gasteiger partial charge in [-0.25, -0.2) is 4.68 Å². The van der Waals surface area contributed by atoms with Crippen molar-refractivity contribution >= 4 is 5.91 Å². The molecule has 1 aromatic heterocycles. The van der Waals surface area contributed by atoms with Gasteiger partial charge < -0.3 is 10.2 Å². The molecule has 2 fully saturated rings. The van der Waals surface area contributed by atoms with Crippen LogP contribution >= 0.6 is 0 Å². The Morgan fingerprint density at radius 1 is 1.12 bits per heavy atom. The van der Waals surface area contributed by atoms with E-state index in [2.05, 4.69) is 15.3 Å². The van der Waals surface area contributed by atoms with E-state index in [0.29, 0.717) is 5.56 Å². The molecule has 2 aromatic rings. The fourth-order valence-electron chi connectivity index (χ4n) is 3.57. The Balaban J connectivity index is 1.41. The summed E-state index contributed by atoms with van der Waals surface area (Å²) in [4.78, 5) is 15.2. The van der Waals surface area contributed by atoms with Crippen molar-refractivity contribution in [3.63, 3.8) is 0 Å². The van der Waals surface area contributed by atoms with Crippen molar-refractivity contribution in [2.45, 2.75) is 44.7 Å². The molecule has 0 atom stereocenters. The van der Waals surface area contributed by atoms with Crippen LogP contribution in [0.5, 0.6) is 0 Å². The quantitative estimate of drug-likeness (QED) is 0.940. The second-order valence-corrected chi connectivity index (χ2v) is 6.91. The van der Waals surface area contributed by atoms with Crippen LogP contribution in [0.4, 0.5) is 0 Å². The van der Waals surface area contributed by atoms with Gasteiger partial charge in [0.25, 0.3) is 5.91 Å². The third kappa shape index (κ3) is 3.08. The van der Waals surface area contributed by atoms with Crippen LogP contribution in [0.2, 0.25) is 0 Å². The second-order valence-electron chi connectivity index (χ2n) is 6.91. The van der Waals surface area contributed by atoms with Crippen molar-refractivity contribution in [3.8, 4) is 5.69 Å². The molecule has 5 heteroatoms. The SMILES string of the molecule is Cc1c(C(=O)NC2CCN(C3CC3)CC2)cnn1-c1ccccc1. The average Bonchev–Trinajstić information content (AvgIpc) is 3.38. The Morgan fingerprint density at radius 2 is 1.83 bits per heavy atom. The number of nitrogens with zero attached hydrogens (tertiary/aromatic N) is 3. The molecule has 126 valence electrons. The number of piperidine rings is 1. The molecule has 2 aliphatic rings. The Hall–Kier alpha value is -2.14. The summed E-state index contributed by atoms with van der Waals surface area (Å²) in [6.07, 6.45) is 6.49. The molecule has 1 amide bonds. The zero-order chi connectivity index (χ0) is 16.5. The monoisotopic (exact) mass is 324 g/mol. The molecule has 24 heavy (non-hydrogen) atoms. The zero-order valence-electron chi connectivity index (χ0n) is 14.1. The molecule has 0 unspecified atom stereocenters. The summed E-state index contributed by atoms with van der Waals surface area (Å²) in [5.41, 5.74) is 2.53. The third-order valence-corrected chi connectivity index (χ3v) is 5.18.